The van der Waals surface area contributed by atoms with E-state index in [-0.39, 0.29) is 32.5 Å². The molecular weight excluding hydrogens is 1080 g/mol. The molecule has 0 nitrogen and oxygen atoms in total. The number of fused-ring (bicyclic) bond motifs is 6. The molecule has 6 aliphatic rings. The highest BCUT2D eigenvalue weighted by Gasteiger charge is 2.36. The summed E-state index contributed by atoms with van der Waals surface area (Å²) in [5, 5.41) is 17.5. The van der Waals surface area contributed by atoms with Crippen molar-refractivity contribution in [2.75, 3.05) is 0 Å². The Hall–Kier alpha value is -7.02. The maximum atomic E-state index is 2.52. The van der Waals surface area contributed by atoms with Gasteiger partial charge >= 0.3 is 0 Å². The summed E-state index contributed by atoms with van der Waals surface area (Å²) in [6.45, 7) is 54.2. The van der Waals surface area contributed by atoms with Crippen LogP contribution in [0.2, 0.25) is 0 Å². The van der Waals surface area contributed by atoms with E-state index in [1.807, 2.05) is 41.5 Å². The van der Waals surface area contributed by atoms with Gasteiger partial charge in [-0.05, 0) is 212 Å². The first-order valence-corrected chi connectivity index (χ1v) is 34.7. The van der Waals surface area contributed by atoms with Crippen LogP contribution in [0.4, 0.5) is 0 Å². The third-order valence-electron chi connectivity index (χ3n) is 19.9. The van der Waals surface area contributed by atoms with Crippen molar-refractivity contribution in [1.82, 2.24) is 0 Å². The Balaban J connectivity index is 0.000000142. The number of allylic oxidation sites excluding steroid dienone is 6. The average Bonchev–Trinajstić information content (AvgIpc) is 0.723. The Bertz CT molecular complexity index is 4500. The molecule has 0 aliphatic heterocycles. The molecule has 0 spiro atoms. The second-order valence-electron chi connectivity index (χ2n) is 32.0. The summed E-state index contributed by atoms with van der Waals surface area (Å²) in [5.41, 5.74) is 24.5. The van der Waals surface area contributed by atoms with Crippen molar-refractivity contribution in [2.24, 2.45) is 16.2 Å². The molecule has 9 aromatic rings. The van der Waals surface area contributed by atoms with E-state index in [0.29, 0.717) is 11.8 Å². The zero-order chi connectivity index (χ0) is 65.5. The number of hydrogen-bond donors (Lipinski definition) is 0. The third-order valence-corrected chi connectivity index (χ3v) is 19.9. The predicted octanol–water partition coefficient (Wildman–Crippen LogP) is 27.0. The van der Waals surface area contributed by atoms with Gasteiger partial charge in [-0.3, -0.25) is 0 Å². The molecular formula is C90H108. The first-order chi connectivity index (χ1) is 42.5. The molecule has 2 unspecified atom stereocenters. The lowest BCUT2D eigenvalue weighted by molar-refractivity contribution is 0.368. The second-order valence-corrected chi connectivity index (χ2v) is 32.0. The lowest BCUT2D eigenvalue weighted by Crippen LogP contribution is -2.21. The van der Waals surface area contributed by atoms with E-state index < -0.39 is 0 Å². The lowest BCUT2D eigenvalue weighted by Gasteiger charge is -2.36. The van der Waals surface area contributed by atoms with E-state index in [2.05, 4.69) is 282 Å². The minimum Gasteiger partial charge on any atom is -0.0795 e. The van der Waals surface area contributed by atoms with Gasteiger partial charge in [-0.15, -0.1) is 0 Å². The Morgan fingerprint density at radius 1 is 0.344 bits per heavy atom. The van der Waals surface area contributed by atoms with Crippen LogP contribution in [0.1, 0.15) is 261 Å². The molecule has 0 saturated carbocycles. The number of hydrogen-bond acceptors (Lipinski definition) is 0. The van der Waals surface area contributed by atoms with Crippen LogP contribution in [0.15, 0.2) is 127 Å². The highest BCUT2D eigenvalue weighted by atomic mass is 14.4. The fraction of sp³-hybridized carbons (Fsp3) is 0.400. The smallest absolute Gasteiger partial charge is 0.00824 e. The van der Waals surface area contributed by atoms with Crippen molar-refractivity contribution in [3.8, 4) is 0 Å². The van der Waals surface area contributed by atoms with Gasteiger partial charge in [-0.2, -0.15) is 0 Å². The summed E-state index contributed by atoms with van der Waals surface area (Å²) in [4.78, 5) is 0. The van der Waals surface area contributed by atoms with Crippen molar-refractivity contribution in [3.63, 3.8) is 0 Å². The molecule has 0 bridgehead atoms. The van der Waals surface area contributed by atoms with E-state index in [1.165, 1.54) is 143 Å². The first-order valence-electron chi connectivity index (χ1n) is 34.7. The zero-order valence-corrected chi connectivity index (χ0v) is 60.0. The predicted molar refractivity (Wildman–Crippen MR) is 406 cm³/mol. The minimum atomic E-state index is 0.110. The van der Waals surface area contributed by atoms with Gasteiger partial charge in [0.2, 0.25) is 0 Å². The molecule has 90 heavy (non-hydrogen) atoms. The van der Waals surface area contributed by atoms with Crippen LogP contribution >= 0.6 is 0 Å². The van der Waals surface area contributed by atoms with E-state index in [1.54, 1.807) is 11.1 Å². The summed E-state index contributed by atoms with van der Waals surface area (Å²) in [6, 6.07) is 35.2. The van der Waals surface area contributed by atoms with Gasteiger partial charge in [0.25, 0.3) is 0 Å². The van der Waals surface area contributed by atoms with Crippen molar-refractivity contribution in [1.29, 1.82) is 0 Å². The lowest BCUT2D eigenvalue weighted by atomic mass is 9.67. The quantitative estimate of drug-likeness (QED) is 0.133. The molecule has 0 heteroatoms. The normalized spacial score (nSPS) is 16.6. The monoisotopic (exact) mass is 1190 g/mol. The Morgan fingerprint density at radius 3 is 1.52 bits per heavy atom. The standard InChI is InChI=1S/3C28H30.3C2H6/c1-27(2,3)19-13-17-9-7-12-22-24-16-20(28(4,5)6)14-18-10-8-11-21(26(18)24)23(15-19)25(17)22;1-27(2,3)23-15-13-19-18-10-8-12-22-24(28(4,5)6)16-14-20(26(18)22)17-9-7-11-21(23)25(17)19;1-27(2,3)21-15-13-18-14-16-22(28(4,5)6)26-20-12-8-10-17-9-7-11-19(23(17)20)25(21)24(18)26;3*1-2/h7-11,13,15-16H,12,14H2,1-6H3;7-9,11-16,23H,10H2,1-6H3;7-9,11-16,22H,10H2,1-6H3;3*1-2H3. The maximum absolute atomic E-state index is 2.52. The summed E-state index contributed by atoms with van der Waals surface area (Å²) in [5.74, 6) is 0.883. The van der Waals surface area contributed by atoms with E-state index in [9.17, 15) is 0 Å². The van der Waals surface area contributed by atoms with Gasteiger partial charge in [0, 0.05) is 11.8 Å². The molecule has 468 valence electrons. The maximum Gasteiger partial charge on any atom is 0.00824 e. The highest BCUT2D eigenvalue weighted by molar-refractivity contribution is 6.20. The van der Waals surface area contributed by atoms with Gasteiger partial charge in [0.05, 0.1) is 0 Å². The molecule has 2 atom stereocenters. The molecule has 15 rings (SSSR count). The SMILES string of the molecule is CC.CC.CC.CC(C)(C)C1=Cc2c3c4c(cc(C(C)(C)C)cc4c4cccc(c24)C1)C=CC3.CC(C)(C)c1ccc2c3c(c4c5c(cccc5c13)CC=C4)C(C(C)(C)C)C=C2.CC(C)(C)c1ccc2c3c1C=CCc3c1c3c(cccc32)C(C(C)(C)C)C=C1. The molecule has 0 heterocycles. The van der Waals surface area contributed by atoms with Crippen molar-refractivity contribution in [3.05, 3.63) is 210 Å². The average molecular weight is 1190 g/mol. The van der Waals surface area contributed by atoms with Crippen LogP contribution < -0.4 is 0 Å². The van der Waals surface area contributed by atoms with Crippen LogP contribution in [0.25, 0.3) is 101 Å². The zero-order valence-electron chi connectivity index (χ0n) is 60.0. The van der Waals surface area contributed by atoms with Crippen LogP contribution in [0.3, 0.4) is 0 Å². The molecule has 0 N–H and O–H groups in total. The third kappa shape index (κ3) is 11.4. The summed E-state index contributed by atoms with van der Waals surface area (Å²) >= 11 is 0. The largest absolute Gasteiger partial charge is 0.0795 e. The van der Waals surface area contributed by atoms with Gasteiger partial charge in [-0.1, -0.05) is 324 Å². The molecule has 6 aliphatic carbocycles. The number of benzene rings is 9. The van der Waals surface area contributed by atoms with Crippen LogP contribution in [-0.4, -0.2) is 0 Å². The van der Waals surface area contributed by atoms with Crippen molar-refractivity contribution >= 4 is 101 Å². The topological polar surface area (TPSA) is 0 Å². The highest BCUT2D eigenvalue weighted by Crippen LogP contribution is 2.54. The minimum absolute atomic E-state index is 0.110. The molecule has 0 fully saturated rings. The van der Waals surface area contributed by atoms with Crippen LogP contribution in [0, 0.1) is 16.2 Å². The summed E-state index contributed by atoms with van der Waals surface area (Å²) < 4.78 is 0. The summed E-state index contributed by atoms with van der Waals surface area (Å²) in [6.07, 6.45) is 30.5. The van der Waals surface area contributed by atoms with Gasteiger partial charge in [0.15, 0.2) is 0 Å². The molecule has 0 amide bonds. The van der Waals surface area contributed by atoms with Crippen LogP contribution in [-0.2, 0) is 41.9 Å². The molecule has 0 saturated heterocycles. The summed E-state index contributed by atoms with van der Waals surface area (Å²) in [7, 11) is 0. The van der Waals surface area contributed by atoms with Gasteiger partial charge in [0.1, 0.15) is 0 Å². The fourth-order valence-electron chi connectivity index (χ4n) is 15.7. The van der Waals surface area contributed by atoms with Gasteiger partial charge in [-0.25, -0.2) is 0 Å². The second kappa shape index (κ2) is 24.2. The van der Waals surface area contributed by atoms with Crippen LogP contribution in [0.5, 0.6) is 0 Å². The first kappa shape index (κ1) is 65.9. The molecule has 0 aromatic heterocycles. The number of rotatable bonds is 0. The molecule has 0 radical (unpaired) electrons. The van der Waals surface area contributed by atoms with Crippen molar-refractivity contribution < 1.29 is 0 Å². The Kier molecular flexibility index (Phi) is 17.7. The van der Waals surface area contributed by atoms with E-state index in [0.717, 1.165) is 25.7 Å². The fourth-order valence-corrected chi connectivity index (χ4v) is 15.7. The van der Waals surface area contributed by atoms with E-state index >= 15 is 0 Å². The van der Waals surface area contributed by atoms with Crippen molar-refractivity contribution in [2.45, 2.75) is 220 Å². The van der Waals surface area contributed by atoms with Gasteiger partial charge < -0.3 is 0 Å². The Labute approximate surface area is 544 Å². The molecule has 9 aromatic carbocycles. The van der Waals surface area contributed by atoms with E-state index in [4.69, 9.17) is 0 Å². The Morgan fingerprint density at radius 2 is 0.889 bits per heavy atom.